The molecule has 0 unspecified atom stereocenters. The normalized spacial score (nSPS) is 9.11. The van der Waals surface area contributed by atoms with E-state index in [0.717, 1.165) is 11.8 Å². The Morgan fingerprint density at radius 1 is 1.22 bits per heavy atom. The third kappa shape index (κ3) is 1.86. The van der Waals surface area contributed by atoms with Gasteiger partial charge in [-0.2, -0.15) is 0 Å². The van der Waals surface area contributed by atoms with Gasteiger partial charge in [0.25, 0.3) is 0 Å². The van der Waals surface area contributed by atoms with Crippen molar-refractivity contribution in [2.75, 3.05) is 0 Å². The third-order valence-electron chi connectivity index (χ3n) is 1.32. The molecule has 0 nitrogen and oxygen atoms in total. The molecule has 0 radical (unpaired) electrons. The summed E-state index contributed by atoms with van der Waals surface area (Å²) < 4.78 is 1.15. The van der Waals surface area contributed by atoms with E-state index in [1.54, 1.807) is 0 Å². The Morgan fingerprint density at radius 2 is 1.78 bits per heavy atom. The number of hydrogen-bond acceptors (Lipinski definition) is 0. The van der Waals surface area contributed by atoms with Crippen molar-refractivity contribution in [3.63, 3.8) is 0 Å². The highest BCUT2D eigenvalue weighted by atomic mass is 79.9. The average Bonchev–Trinajstić information content (AvgIpc) is 1.90. The summed E-state index contributed by atoms with van der Waals surface area (Å²) in [7, 11) is 1.12. The van der Waals surface area contributed by atoms with Gasteiger partial charge in [-0.15, -0.1) is 0 Å². The van der Waals surface area contributed by atoms with Crippen molar-refractivity contribution in [3.8, 4) is 0 Å². The van der Waals surface area contributed by atoms with Gasteiger partial charge in [0.2, 0.25) is 0 Å². The summed E-state index contributed by atoms with van der Waals surface area (Å²) in [5.74, 6) is 0. The maximum absolute atomic E-state index is 3.37. The van der Waals surface area contributed by atoms with Crippen LogP contribution in [0.25, 0.3) is 0 Å². The summed E-state index contributed by atoms with van der Waals surface area (Å²) in [4.78, 5) is 0. The maximum atomic E-state index is 3.37. The van der Waals surface area contributed by atoms with Crippen LogP contribution in [0.2, 0.25) is 6.82 Å². The van der Waals surface area contributed by atoms with Crippen LogP contribution in [0.5, 0.6) is 0 Å². The first kappa shape index (κ1) is 6.88. The molecule has 0 bridgehead atoms. The number of halogens is 1. The van der Waals surface area contributed by atoms with Crippen LogP contribution < -0.4 is 5.46 Å². The molecule has 0 saturated carbocycles. The number of benzene rings is 1. The van der Waals surface area contributed by atoms with Gasteiger partial charge in [-0.05, 0) is 12.1 Å². The summed E-state index contributed by atoms with van der Waals surface area (Å²) in [6.45, 7) is 2.16. The summed E-state index contributed by atoms with van der Waals surface area (Å²) in [5, 5.41) is 0. The van der Waals surface area contributed by atoms with E-state index in [-0.39, 0.29) is 0 Å². The molecule has 46 valence electrons. The molecule has 0 atom stereocenters. The molecule has 0 aliphatic rings. The first-order valence-electron chi connectivity index (χ1n) is 3.07. The van der Waals surface area contributed by atoms with E-state index in [9.17, 15) is 0 Å². The van der Waals surface area contributed by atoms with Crippen molar-refractivity contribution in [2.24, 2.45) is 0 Å². The van der Waals surface area contributed by atoms with E-state index < -0.39 is 0 Å². The van der Waals surface area contributed by atoms with Gasteiger partial charge >= 0.3 is 0 Å². The molecular weight excluding hydrogens is 175 g/mol. The predicted octanol–water partition coefficient (Wildman–Crippen LogP) is 1.56. The Kier molecular flexibility index (Phi) is 2.34. The van der Waals surface area contributed by atoms with Crippen molar-refractivity contribution in [2.45, 2.75) is 6.82 Å². The fraction of sp³-hybridized carbons (Fsp3) is 0.143. The van der Waals surface area contributed by atoms with Crippen LogP contribution >= 0.6 is 15.9 Å². The molecule has 1 aromatic rings. The summed E-state index contributed by atoms with van der Waals surface area (Å²) in [5.41, 5.74) is 1.39. The smallest absolute Gasteiger partial charge is 0.0849 e. The van der Waals surface area contributed by atoms with E-state index in [2.05, 4.69) is 47.0 Å². The Hall–Kier alpha value is -0.235. The zero-order valence-electron chi connectivity index (χ0n) is 5.39. The lowest BCUT2D eigenvalue weighted by atomic mass is 9.74. The quantitative estimate of drug-likeness (QED) is 0.579. The second-order valence-electron chi connectivity index (χ2n) is 1.98. The van der Waals surface area contributed by atoms with Gasteiger partial charge in [0.1, 0.15) is 0 Å². The average molecular weight is 183 g/mol. The molecule has 0 spiro atoms. The molecule has 0 amide bonds. The van der Waals surface area contributed by atoms with Gasteiger partial charge in [-0.25, -0.2) is 0 Å². The second-order valence-corrected chi connectivity index (χ2v) is 2.90. The summed E-state index contributed by atoms with van der Waals surface area (Å²) in [6.07, 6.45) is 0. The topological polar surface area (TPSA) is 0 Å². The van der Waals surface area contributed by atoms with Crippen LogP contribution in [0.15, 0.2) is 28.7 Å². The standard InChI is InChI=1S/C7H8BBr/c1-8-6-2-4-7(9)5-3-6/h2-5,8H,1H3. The van der Waals surface area contributed by atoms with Crippen LogP contribution in [0.1, 0.15) is 0 Å². The van der Waals surface area contributed by atoms with E-state index >= 15 is 0 Å². The van der Waals surface area contributed by atoms with Crippen molar-refractivity contribution < 1.29 is 0 Å². The fourth-order valence-corrected chi connectivity index (χ4v) is 0.984. The molecule has 0 aromatic heterocycles. The lowest BCUT2D eigenvalue weighted by molar-refractivity contribution is 1.69. The van der Waals surface area contributed by atoms with Gasteiger partial charge in [-0.3, -0.25) is 0 Å². The molecule has 1 rings (SSSR count). The first-order valence-corrected chi connectivity index (χ1v) is 3.86. The first-order chi connectivity index (χ1) is 4.33. The minimum atomic E-state index is 1.12. The van der Waals surface area contributed by atoms with E-state index in [1.165, 1.54) is 5.46 Å². The zero-order valence-corrected chi connectivity index (χ0v) is 6.98. The molecular formula is C7H8BBr. The van der Waals surface area contributed by atoms with E-state index in [0.29, 0.717) is 0 Å². The molecule has 0 aliphatic carbocycles. The third-order valence-corrected chi connectivity index (χ3v) is 1.85. The van der Waals surface area contributed by atoms with Crippen LogP contribution in [-0.2, 0) is 0 Å². The highest BCUT2D eigenvalue weighted by Crippen LogP contribution is 2.04. The lowest BCUT2D eigenvalue weighted by Gasteiger charge is -1.92. The van der Waals surface area contributed by atoms with Crippen molar-refractivity contribution in [3.05, 3.63) is 28.7 Å². The summed E-state index contributed by atoms with van der Waals surface area (Å²) >= 11 is 3.37. The predicted molar refractivity (Wildman–Crippen MR) is 46.8 cm³/mol. The monoisotopic (exact) mass is 182 g/mol. The molecule has 0 aliphatic heterocycles. The SMILES string of the molecule is CBc1ccc(Br)cc1. The van der Waals surface area contributed by atoms with Crippen LogP contribution in [-0.4, -0.2) is 7.28 Å². The fourth-order valence-electron chi connectivity index (χ4n) is 0.720. The van der Waals surface area contributed by atoms with E-state index in [1.807, 2.05) is 0 Å². The van der Waals surface area contributed by atoms with Gasteiger partial charge < -0.3 is 0 Å². The van der Waals surface area contributed by atoms with Crippen LogP contribution in [0.4, 0.5) is 0 Å². The highest BCUT2D eigenvalue weighted by Gasteiger charge is 1.87. The minimum absolute atomic E-state index is 1.12. The molecule has 0 heterocycles. The van der Waals surface area contributed by atoms with Crippen molar-refractivity contribution in [1.82, 2.24) is 0 Å². The van der Waals surface area contributed by atoms with Gasteiger partial charge in [0.15, 0.2) is 7.28 Å². The Morgan fingerprint density at radius 3 is 2.22 bits per heavy atom. The van der Waals surface area contributed by atoms with Crippen LogP contribution in [0.3, 0.4) is 0 Å². The van der Waals surface area contributed by atoms with Gasteiger partial charge in [0, 0.05) is 4.47 Å². The molecule has 2 heteroatoms. The molecule has 0 N–H and O–H groups in total. The number of rotatable bonds is 1. The largest absolute Gasteiger partial charge is 0.154 e. The van der Waals surface area contributed by atoms with Crippen molar-refractivity contribution >= 4 is 28.7 Å². The Bertz CT molecular complexity index is 181. The molecule has 9 heavy (non-hydrogen) atoms. The Labute approximate surface area is 64.7 Å². The van der Waals surface area contributed by atoms with E-state index in [4.69, 9.17) is 0 Å². The Balaban J connectivity index is 2.88. The molecule has 0 fully saturated rings. The van der Waals surface area contributed by atoms with Crippen LogP contribution in [0, 0.1) is 0 Å². The highest BCUT2D eigenvalue weighted by molar-refractivity contribution is 9.10. The number of hydrogen-bond donors (Lipinski definition) is 0. The van der Waals surface area contributed by atoms with Gasteiger partial charge in [-0.1, -0.05) is 40.3 Å². The second kappa shape index (κ2) is 3.07. The maximum Gasteiger partial charge on any atom is 0.154 e. The van der Waals surface area contributed by atoms with Gasteiger partial charge in [0.05, 0.1) is 0 Å². The molecule has 1 aromatic carbocycles. The minimum Gasteiger partial charge on any atom is -0.0849 e. The molecule has 0 saturated heterocycles. The lowest BCUT2D eigenvalue weighted by Crippen LogP contribution is -2.08. The zero-order chi connectivity index (χ0) is 6.69. The van der Waals surface area contributed by atoms with Crippen molar-refractivity contribution in [1.29, 1.82) is 0 Å². The summed E-state index contributed by atoms with van der Waals surface area (Å²) in [6, 6.07) is 8.39.